The minimum absolute atomic E-state index is 0.177. The zero-order valence-electron chi connectivity index (χ0n) is 11.3. The van der Waals surface area contributed by atoms with Crippen LogP contribution in [0, 0.1) is 0 Å². The maximum atomic E-state index is 13.3. The molecule has 0 bridgehead atoms. The molecule has 2 aliphatic rings. The molecule has 1 unspecified atom stereocenters. The van der Waals surface area contributed by atoms with Gasteiger partial charge < -0.3 is 10.2 Å². The maximum absolute atomic E-state index is 13.3. The molecule has 0 saturated carbocycles. The quantitative estimate of drug-likeness (QED) is 0.851. The van der Waals surface area contributed by atoms with Gasteiger partial charge in [0, 0.05) is 19.6 Å². The van der Waals surface area contributed by atoms with E-state index >= 15 is 0 Å². The first-order valence-corrected chi connectivity index (χ1v) is 6.80. The number of fused-ring (bicyclic) bond motifs is 3. The van der Waals surface area contributed by atoms with Crippen LogP contribution in [0.2, 0.25) is 0 Å². The van der Waals surface area contributed by atoms with Crippen molar-refractivity contribution in [3.05, 3.63) is 47.0 Å². The van der Waals surface area contributed by atoms with Gasteiger partial charge in [-0.2, -0.15) is 13.2 Å². The van der Waals surface area contributed by atoms with E-state index in [1.807, 2.05) is 0 Å². The van der Waals surface area contributed by atoms with E-state index in [0.717, 1.165) is 6.07 Å². The first-order valence-electron chi connectivity index (χ1n) is 6.80. The number of carbonyl (C=O) groups excluding carboxylic acids is 1. The standard InChI is InChI=1S/C15H15F3N2O/c1-2-3-9-6-10-12-8-19-4-5-20(12)14(21)13(10)11(7-9)15(16,17)18/h2,6-7,12,19H,1,3-5,8H2. The zero-order chi connectivity index (χ0) is 15.2. The lowest BCUT2D eigenvalue weighted by Gasteiger charge is -2.30. The summed E-state index contributed by atoms with van der Waals surface area (Å²) >= 11 is 0. The van der Waals surface area contributed by atoms with Crippen molar-refractivity contribution in [2.24, 2.45) is 0 Å². The molecule has 112 valence electrons. The molecule has 3 nitrogen and oxygen atoms in total. The van der Waals surface area contributed by atoms with Gasteiger partial charge in [0.1, 0.15) is 0 Å². The molecule has 21 heavy (non-hydrogen) atoms. The van der Waals surface area contributed by atoms with Crippen molar-refractivity contribution in [3.8, 4) is 0 Å². The number of hydrogen-bond acceptors (Lipinski definition) is 2. The number of piperazine rings is 1. The molecular weight excluding hydrogens is 281 g/mol. The summed E-state index contributed by atoms with van der Waals surface area (Å²) in [7, 11) is 0. The highest BCUT2D eigenvalue weighted by atomic mass is 19.4. The van der Waals surface area contributed by atoms with Crippen molar-refractivity contribution < 1.29 is 18.0 Å². The van der Waals surface area contributed by atoms with Crippen LogP contribution in [0.25, 0.3) is 0 Å². The van der Waals surface area contributed by atoms with Gasteiger partial charge in [-0.05, 0) is 23.6 Å². The summed E-state index contributed by atoms with van der Waals surface area (Å²) in [5, 5.41) is 3.13. The molecule has 2 aliphatic heterocycles. The molecule has 1 aromatic carbocycles. The van der Waals surface area contributed by atoms with E-state index in [4.69, 9.17) is 0 Å². The van der Waals surface area contributed by atoms with Crippen LogP contribution in [0.1, 0.15) is 33.1 Å². The van der Waals surface area contributed by atoms with Gasteiger partial charge in [0.25, 0.3) is 5.91 Å². The van der Waals surface area contributed by atoms with E-state index < -0.39 is 17.6 Å². The highest BCUT2D eigenvalue weighted by molar-refractivity contribution is 6.01. The average Bonchev–Trinajstić information content (AvgIpc) is 2.72. The smallest absolute Gasteiger partial charge is 0.329 e. The van der Waals surface area contributed by atoms with E-state index in [2.05, 4.69) is 11.9 Å². The second-order valence-electron chi connectivity index (χ2n) is 5.32. The van der Waals surface area contributed by atoms with Crippen molar-refractivity contribution in [3.63, 3.8) is 0 Å². The predicted molar refractivity (Wildman–Crippen MR) is 72.0 cm³/mol. The molecule has 0 aliphatic carbocycles. The van der Waals surface area contributed by atoms with Crippen LogP contribution < -0.4 is 5.32 Å². The highest BCUT2D eigenvalue weighted by Crippen LogP contribution is 2.42. The van der Waals surface area contributed by atoms with Crippen LogP contribution in [0.5, 0.6) is 0 Å². The van der Waals surface area contributed by atoms with Crippen LogP contribution in [0.3, 0.4) is 0 Å². The third-order valence-corrected chi connectivity index (χ3v) is 3.99. The minimum Gasteiger partial charge on any atom is -0.329 e. The van der Waals surface area contributed by atoms with E-state index in [1.54, 1.807) is 12.1 Å². The Bertz CT molecular complexity index is 610. The Kier molecular flexibility index (Phi) is 3.28. The number of nitrogens with one attached hydrogen (secondary N) is 1. The fraction of sp³-hybridized carbons (Fsp3) is 0.400. The normalized spacial score (nSPS) is 21.2. The second-order valence-corrected chi connectivity index (χ2v) is 5.32. The Morgan fingerprint density at radius 3 is 2.86 bits per heavy atom. The Hall–Kier alpha value is -1.82. The van der Waals surface area contributed by atoms with Crippen molar-refractivity contribution in [1.82, 2.24) is 10.2 Å². The molecule has 3 rings (SSSR count). The molecule has 1 saturated heterocycles. The van der Waals surface area contributed by atoms with Gasteiger partial charge in [0.2, 0.25) is 0 Å². The summed E-state index contributed by atoms with van der Waals surface area (Å²) in [5.74, 6) is -0.506. The monoisotopic (exact) mass is 296 g/mol. The van der Waals surface area contributed by atoms with Crippen molar-refractivity contribution >= 4 is 5.91 Å². The summed E-state index contributed by atoms with van der Waals surface area (Å²) in [4.78, 5) is 13.9. The van der Waals surface area contributed by atoms with Gasteiger partial charge >= 0.3 is 6.18 Å². The van der Waals surface area contributed by atoms with Gasteiger partial charge in [-0.25, -0.2) is 0 Å². The minimum atomic E-state index is -4.53. The summed E-state index contributed by atoms with van der Waals surface area (Å²) in [6, 6.07) is 2.48. The Morgan fingerprint density at radius 2 is 2.19 bits per heavy atom. The van der Waals surface area contributed by atoms with Gasteiger partial charge in [-0.1, -0.05) is 12.1 Å². The fourth-order valence-corrected chi connectivity index (χ4v) is 3.11. The second kappa shape index (κ2) is 4.87. The third-order valence-electron chi connectivity index (χ3n) is 3.99. The largest absolute Gasteiger partial charge is 0.417 e. The summed E-state index contributed by atoms with van der Waals surface area (Å²) < 4.78 is 39.9. The summed E-state index contributed by atoms with van der Waals surface area (Å²) in [5.41, 5.74) is 0.0236. The lowest BCUT2D eigenvalue weighted by molar-refractivity contribution is -0.138. The lowest BCUT2D eigenvalue weighted by Crippen LogP contribution is -2.44. The Balaban J connectivity index is 2.19. The number of rotatable bonds is 2. The summed E-state index contributed by atoms with van der Waals surface area (Å²) in [6.45, 7) is 5.11. The van der Waals surface area contributed by atoms with Crippen molar-refractivity contribution in [2.75, 3.05) is 19.6 Å². The number of nitrogens with zero attached hydrogens (tertiary/aromatic N) is 1. The maximum Gasteiger partial charge on any atom is 0.417 e. The number of alkyl halides is 3. The Labute approximate surface area is 120 Å². The zero-order valence-corrected chi connectivity index (χ0v) is 11.3. The van der Waals surface area contributed by atoms with E-state index in [1.165, 1.54) is 4.90 Å². The molecule has 1 fully saturated rings. The fourth-order valence-electron chi connectivity index (χ4n) is 3.11. The van der Waals surface area contributed by atoms with Crippen LogP contribution in [-0.4, -0.2) is 30.4 Å². The molecule has 0 radical (unpaired) electrons. The molecule has 6 heteroatoms. The number of benzene rings is 1. The van der Waals surface area contributed by atoms with Gasteiger partial charge in [-0.3, -0.25) is 4.79 Å². The van der Waals surface area contributed by atoms with E-state index in [0.29, 0.717) is 37.2 Å². The number of amides is 1. The molecule has 1 amide bonds. The highest BCUT2D eigenvalue weighted by Gasteiger charge is 2.45. The molecule has 0 aromatic heterocycles. The first kappa shape index (κ1) is 14.1. The topological polar surface area (TPSA) is 32.3 Å². The van der Waals surface area contributed by atoms with Crippen LogP contribution in [-0.2, 0) is 12.6 Å². The molecular formula is C15H15F3N2O. The van der Waals surface area contributed by atoms with Crippen LogP contribution in [0.15, 0.2) is 24.8 Å². The lowest BCUT2D eigenvalue weighted by atomic mass is 9.94. The number of hydrogen-bond donors (Lipinski definition) is 1. The van der Waals surface area contributed by atoms with E-state index in [-0.39, 0.29) is 11.6 Å². The summed E-state index contributed by atoms with van der Waals surface area (Å²) in [6.07, 6.45) is -2.61. The molecule has 1 N–H and O–H groups in total. The number of allylic oxidation sites excluding steroid dienone is 1. The molecule has 1 aromatic rings. The van der Waals surface area contributed by atoms with Crippen LogP contribution >= 0.6 is 0 Å². The van der Waals surface area contributed by atoms with Crippen molar-refractivity contribution in [1.29, 1.82) is 0 Å². The average molecular weight is 296 g/mol. The van der Waals surface area contributed by atoms with Crippen LogP contribution in [0.4, 0.5) is 13.2 Å². The van der Waals surface area contributed by atoms with Gasteiger partial charge in [0.05, 0.1) is 17.2 Å². The molecule has 0 spiro atoms. The van der Waals surface area contributed by atoms with E-state index in [9.17, 15) is 18.0 Å². The first-order chi connectivity index (χ1) is 9.93. The predicted octanol–water partition coefficient (Wildman–Crippen LogP) is 2.53. The number of carbonyl (C=O) groups is 1. The van der Waals surface area contributed by atoms with Crippen molar-refractivity contribution in [2.45, 2.75) is 18.6 Å². The Morgan fingerprint density at radius 1 is 1.43 bits per heavy atom. The van der Waals surface area contributed by atoms with Gasteiger partial charge in [-0.15, -0.1) is 6.58 Å². The molecule has 2 heterocycles. The van der Waals surface area contributed by atoms with Gasteiger partial charge in [0.15, 0.2) is 0 Å². The third kappa shape index (κ3) is 2.23. The molecule has 1 atom stereocenters. The SMILES string of the molecule is C=CCc1cc2c(c(C(F)(F)F)c1)C(=O)N1CCNCC21. The number of halogens is 3.